The van der Waals surface area contributed by atoms with E-state index in [0.717, 1.165) is 24.8 Å². The Morgan fingerprint density at radius 2 is 2.11 bits per heavy atom. The van der Waals surface area contributed by atoms with Gasteiger partial charge in [0.25, 0.3) is 0 Å². The van der Waals surface area contributed by atoms with Gasteiger partial charge in [-0.2, -0.15) is 0 Å². The van der Waals surface area contributed by atoms with E-state index in [1.54, 1.807) is 0 Å². The summed E-state index contributed by atoms with van der Waals surface area (Å²) in [5.74, 6) is 4.36. The number of nitrogens with two attached hydrogens (primary N) is 1. The van der Waals surface area contributed by atoms with Gasteiger partial charge in [-0.15, -0.1) is 0 Å². The minimum atomic E-state index is 0.395. The third-order valence-corrected chi connectivity index (χ3v) is 4.98. The van der Waals surface area contributed by atoms with Crippen molar-refractivity contribution < 1.29 is 4.42 Å². The van der Waals surface area contributed by atoms with Crippen LogP contribution in [-0.2, 0) is 0 Å². The Morgan fingerprint density at radius 3 is 2.74 bits per heavy atom. The number of rotatable bonds is 4. The first-order chi connectivity index (χ1) is 9.24. The molecular weight excluding hydrogens is 236 g/mol. The molecule has 0 bridgehead atoms. The maximum Gasteiger partial charge on any atom is 0.121 e. The molecule has 1 aliphatic heterocycles. The Morgan fingerprint density at radius 1 is 1.37 bits per heavy atom. The van der Waals surface area contributed by atoms with Gasteiger partial charge in [0.2, 0.25) is 0 Å². The molecule has 1 aromatic rings. The van der Waals surface area contributed by atoms with Crippen molar-refractivity contribution >= 4 is 0 Å². The van der Waals surface area contributed by atoms with Crippen molar-refractivity contribution in [1.82, 2.24) is 4.90 Å². The molecule has 0 radical (unpaired) electrons. The van der Waals surface area contributed by atoms with Crippen LogP contribution in [0.2, 0.25) is 0 Å². The van der Waals surface area contributed by atoms with Crippen molar-refractivity contribution in [2.75, 3.05) is 19.6 Å². The fourth-order valence-corrected chi connectivity index (χ4v) is 3.61. The molecule has 1 aliphatic carbocycles. The Kier molecular flexibility index (Phi) is 3.68. The lowest BCUT2D eigenvalue weighted by Crippen LogP contribution is -2.41. The van der Waals surface area contributed by atoms with Crippen LogP contribution in [0.15, 0.2) is 16.5 Å². The van der Waals surface area contributed by atoms with E-state index in [-0.39, 0.29) is 0 Å². The standard InChI is InChI=1S/C16H26N2O/c1-3-18-8-4-5-12(10-17)16(18)15-7-6-14(19-15)13-9-11(13)2/h6-7,11-13,16H,3-5,8-10,17H2,1-2H3. The average molecular weight is 262 g/mol. The van der Waals surface area contributed by atoms with E-state index in [0.29, 0.717) is 17.9 Å². The molecule has 19 heavy (non-hydrogen) atoms. The summed E-state index contributed by atoms with van der Waals surface area (Å²) in [5.41, 5.74) is 5.98. The lowest BCUT2D eigenvalue weighted by Gasteiger charge is -2.39. The van der Waals surface area contributed by atoms with Crippen LogP contribution in [-0.4, -0.2) is 24.5 Å². The van der Waals surface area contributed by atoms with E-state index >= 15 is 0 Å². The summed E-state index contributed by atoms with van der Waals surface area (Å²) < 4.78 is 6.18. The zero-order valence-corrected chi connectivity index (χ0v) is 12.1. The van der Waals surface area contributed by atoms with Crippen LogP contribution in [0.5, 0.6) is 0 Å². The summed E-state index contributed by atoms with van der Waals surface area (Å²) in [5, 5.41) is 0. The van der Waals surface area contributed by atoms with Gasteiger partial charge in [0.1, 0.15) is 11.5 Å². The lowest BCUT2D eigenvalue weighted by molar-refractivity contribution is 0.0840. The second-order valence-corrected chi connectivity index (χ2v) is 6.27. The van der Waals surface area contributed by atoms with Crippen molar-refractivity contribution in [1.29, 1.82) is 0 Å². The molecule has 1 saturated heterocycles. The molecule has 0 aromatic carbocycles. The summed E-state index contributed by atoms with van der Waals surface area (Å²) in [6, 6.07) is 4.79. The Hall–Kier alpha value is -0.800. The third-order valence-electron chi connectivity index (χ3n) is 4.98. The largest absolute Gasteiger partial charge is 0.464 e. The fourth-order valence-electron chi connectivity index (χ4n) is 3.61. The predicted molar refractivity (Wildman–Crippen MR) is 77.0 cm³/mol. The van der Waals surface area contributed by atoms with Crippen molar-refractivity contribution in [2.45, 2.75) is 45.1 Å². The highest BCUT2D eigenvalue weighted by Crippen LogP contribution is 2.48. The second kappa shape index (κ2) is 5.29. The van der Waals surface area contributed by atoms with Crippen molar-refractivity contribution in [3.63, 3.8) is 0 Å². The molecule has 0 spiro atoms. The van der Waals surface area contributed by atoms with Gasteiger partial charge in [-0.05, 0) is 62.9 Å². The van der Waals surface area contributed by atoms with Crippen LogP contribution in [0.1, 0.15) is 56.6 Å². The minimum Gasteiger partial charge on any atom is -0.464 e. The molecular formula is C16H26N2O. The number of hydrogen-bond acceptors (Lipinski definition) is 3. The van der Waals surface area contributed by atoms with E-state index in [1.165, 1.54) is 31.6 Å². The van der Waals surface area contributed by atoms with Crippen LogP contribution < -0.4 is 5.73 Å². The van der Waals surface area contributed by atoms with E-state index in [2.05, 4.69) is 30.9 Å². The van der Waals surface area contributed by atoms with Crippen molar-refractivity contribution in [3.8, 4) is 0 Å². The Labute approximate surface area is 116 Å². The Bertz CT molecular complexity index is 416. The molecule has 4 atom stereocenters. The fraction of sp³-hybridized carbons (Fsp3) is 0.750. The normalized spacial score (nSPS) is 35.5. The molecule has 3 heteroatoms. The van der Waals surface area contributed by atoms with Gasteiger partial charge in [-0.1, -0.05) is 13.8 Å². The van der Waals surface area contributed by atoms with Gasteiger partial charge in [0.05, 0.1) is 6.04 Å². The quantitative estimate of drug-likeness (QED) is 0.906. The number of furan rings is 1. The number of likely N-dealkylation sites (tertiary alicyclic amines) is 1. The number of nitrogens with zero attached hydrogens (tertiary/aromatic N) is 1. The molecule has 106 valence electrons. The molecule has 4 unspecified atom stereocenters. The number of piperidine rings is 1. The summed E-state index contributed by atoms with van der Waals surface area (Å²) in [6.07, 6.45) is 3.78. The molecule has 0 amide bonds. The monoisotopic (exact) mass is 262 g/mol. The van der Waals surface area contributed by atoms with Gasteiger partial charge >= 0.3 is 0 Å². The topological polar surface area (TPSA) is 42.4 Å². The lowest BCUT2D eigenvalue weighted by atomic mass is 9.87. The van der Waals surface area contributed by atoms with E-state index in [1.807, 2.05) is 0 Å². The highest BCUT2D eigenvalue weighted by atomic mass is 16.3. The first kappa shape index (κ1) is 13.2. The average Bonchev–Trinajstić information content (AvgIpc) is 2.99. The molecule has 3 rings (SSSR count). The summed E-state index contributed by atoms with van der Waals surface area (Å²) >= 11 is 0. The Balaban J connectivity index is 1.82. The van der Waals surface area contributed by atoms with Crippen LogP contribution in [0.4, 0.5) is 0 Å². The highest BCUT2D eigenvalue weighted by Gasteiger charge is 2.38. The maximum absolute atomic E-state index is 6.18. The summed E-state index contributed by atoms with van der Waals surface area (Å²) in [7, 11) is 0. The van der Waals surface area contributed by atoms with Crippen LogP contribution in [0.3, 0.4) is 0 Å². The molecule has 1 aromatic heterocycles. The number of hydrogen-bond donors (Lipinski definition) is 1. The van der Waals surface area contributed by atoms with Crippen LogP contribution in [0.25, 0.3) is 0 Å². The molecule has 2 heterocycles. The van der Waals surface area contributed by atoms with Gasteiger partial charge in [0.15, 0.2) is 0 Å². The molecule has 2 N–H and O–H groups in total. The van der Waals surface area contributed by atoms with Gasteiger partial charge in [0, 0.05) is 5.92 Å². The summed E-state index contributed by atoms with van der Waals surface area (Å²) in [6.45, 7) is 7.55. The predicted octanol–water partition coefficient (Wildman–Crippen LogP) is 3.13. The molecule has 2 aliphatic rings. The summed E-state index contributed by atoms with van der Waals surface area (Å²) in [4.78, 5) is 2.53. The van der Waals surface area contributed by atoms with Gasteiger partial charge in [-0.25, -0.2) is 0 Å². The van der Waals surface area contributed by atoms with Crippen LogP contribution in [0, 0.1) is 11.8 Å². The first-order valence-corrected chi connectivity index (χ1v) is 7.78. The van der Waals surface area contributed by atoms with Crippen molar-refractivity contribution in [2.24, 2.45) is 17.6 Å². The van der Waals surface area contributed by atoms with Gasteiger partial charge in [-0.3, -0.25) is 4.90 Å². The van der Waals surface area contributed by atoms with Crippen LogP contribution >= 0.6 is 0 Å². The zero-order chi connectivity index (χ0) is 13.4. The van der Waals surface area contributed by atoms with E-state index in [9.17, 15) is 0 Å². The zero-order valence-electron chi connectivity index (χ0n) is 12.1. The SMILES string of the molecule is CCN1CCCC(CN)C1c1ccc(C2CC2C)o1. The van der Waals surface area contributed by atoms with E-state index in [4.69, 9.17) is 10.2 Å². The molecule has 3 nitrogen and oxygen atoms in total. The second-order valence-electron chi connectivity index (χ2n) is 6.27. The van der Waals surface area contributed by atoms with Crippen molar-refractivity contribution in [3.05, 3.63) is 23.7 Å². The smallest absolute Gasteiger partial charge is 0.121 e. The highest BCUT2D eigenvalue weighted by molar-refractivity contribution is 5.20. The minimum absolute atomic E-state index is 0.395. The third kappa shape index (κ3) is 2.46. The van der Waals surface area contributed by atoms with Gasteiger partial charge < -0.3 is 10.2 Å². The molecule has 1 saturated carbocycles. The molecule has 2 fully saturated rings. The van der Waals surface area contributed by atoms with E-state index < -0.39 is 0 Å². The first-order valence-electron chi connectivity index (χ1n) is 7.78. The maximum atomic E-state index is 6.18.